The second-order valence-electron chi connectivity index (χ2n) is 6.32. The number of esters is 1. The number of carbonyl (C=O) groups is 2. The van der Waals surface area contributed by atoms with Gasteiger partial charge in [-0.25, -0.2) is 4.79 Å². The number of aryl methyl sites for hydroxylation is 1. The number of benzene rings is 2. The predicted octanol–water partition coefficient (Wildman–Crippen LogP) is 2.53. The Hall–Kier alpha value is -3.42. The van der Waals surface area contributed by atoms with E-state index in [2.05, 4.69) is 5.32 Å². The Bertz CT molecular complexity index is 897. The minimum absolute atomic E-state index is 0.0483. The number of fused-ring (bicyclic) bond motifs is 1. The van der Waals surface area contributed by atoms with Crippen molar-refractivity contribution < 1.29 is 19.2 Å². The Morgan fingerprint density at radius 1 is 1.26 bits per heavy atom. The number of amides is 1. The summed E-state index contributed by atoms with van der Waals surface area (Å²) >= 11 is 0. The zero-order chi connectivity index (χ0) is 19.4. The molecule has 1 atom stereocenters. The molecule has 1 aliphatic carbocycles. The molecule has 0 fully saturated rings. The number of nitro benzene ring substituents is 1. The first-order chi connectivity index (χ1) is 13.0. The van der Waals surface area contributed by atoms with Crippen LogP contribution in [0.4, 0.5) is 11.4 Å². The first-order valence-corrected chi connectivity index (χ1v) is 8.54. The van der Waals surface area contributed by atoms with Gasteiger partial charge in [-0.2, -0.15) is 0 Å². The number of ether oxygens (including phenoxy) is 1. The van der Waals surface area contributed by atoms with Crippen LogP contribution in [0.25, 0.3) is 0 Å². The molecule has 3 rings (SSSR count). The highest BCUT2D eigenvalue weighted by atomic mass is 16.6. The third kappa shape index (κ3) is 4.22. The van der Waals surface area contributed by atoms with Crippen LogP contribution in [0.15, 0.2) is 42.5 Å². The summed E-state index contributed by atoms with van der Waals surface area (Å²) in [5.74, 6) is -1.32. The number of carbonyl (C=O) groups excluding carboxylic acids is 2. The van der Waals surface area contributed by atoms with Crippen LogP contribution in [0, 0.1) is 10.1 Å². The first kappa shape index (κ1) is 18.4. The molecule has 0 radical (unpaired) electrons. The van der Waals surface area contributed by atoms with Gasteiger partial charge >= 0.3 is 5.97 Å². The van der Waals surface area contributed by atoms with Gasteiger partial charge in [0.25, 0.3) is 11.6 Å². The third-order valence-corrected chi connectivity index (χ3v) is 4.51. The molecular weight excluding hydrogens is 350 g/mol. The molecule has 2 aromatic carbocycles. The molecule has 27 heavy (non-hydrogen) atoms. The van der Waals surface area contributed by atoms with Crippen molar-refractivity contribution in [2.24, 2.45) is 0 Å². The van der Waals surface area contributed by atoms with Gasteiger partial charge in [-0.3, -0.25) is 14.9 Å². The van der Waals surface area contributed by atoms with E-state index < -0.39 is 23.4 Å². The summed E-state index contributed by atoms with van der Waals surface area (Å²) in [4.78, 5) is 34.5. The molecule has 0 saturated carbocycles. The van der Waals surface area contributed by atoms with Gasteiger partial charge in [0.05, 0.1) is 16.5 Å². The number of hydrogen-bond acceptors (Lipinski definition) is 6. The number of anilines is 1. The summed E-state index contributed by atoms with van der Waals surface area (Å²) in [6, 6.07) is 11.3. The van der Waals surface area contributed by atoms with Crippen molar-refractivity contribution in [2.45, 2.75) is 25.3 Å². The highest BCUT2D eigenvalue weighted by Crippen LogP contribution is 2.29. The van der Waals surface area contributed by atoms with Gasteiger partial charge in [-0.1, -0.05) is 24.3 Å². The van der Waals surface area contributed by atoms with E-state index in [-0.39, 0.29) is 23.0 Å². The average molecular weight is 369 g/mol. The zero-order valence-corrected chi connectivity index (χ0v) is 14.5. The maximum absolute atomic E-state index is 12.2. The molecule has 0 spiro atoms. The van der Waals surface area contributed by atoms with Crippen molar-refractivity contribution in [3.8, 4) is 0 Å². The first-order valence-electron chi connectivity index (χ1n) is 8.54. The molecule has 8 heteroatoms. The van der Waals surface area contributed by atoms with E-state index in [1.165, 1.54) is 17.7 Å². The number of nitrogens with one attached hydrogen (secondary N) is 1. The Labute approximate surface area is 155 Å². The SMILES string of the molecule is Nc1ccc([N+](=O)[O-])cc1C(=O)OCC(=O)N[C@H]1CCCc2ccccc21. The second kappa shape index (κ2) is 7.86. The molecule has 0 aromatic heterocycles. The number of nitrogens with zero attached hydrogens (tertiary/aromatic N) is 1. The number of hydrogen-bond donors (Lipinski definition) is 2. The lowest BCUT2D eigenvalue weighted by molar-refractivity contribution is -0.384. The van der Waals surface area contributed by atoms with Crippen molar-refractivity contribution >= 4 is 23.3 Å². The molecule has 0 saturated heterocycles. The van der Waals surface area contributed by atoms with Gasteiger partial charge in [0.15, 0.2) is 6.61 Å². The smallest absolute Gasteiger partial charge is 0.341 e. The van der Waals surface area contributed by atoms with Crippen molar-refractivity contribution in [3.05, 3.63) is 69.3 Å². The lowest BCUT2D eigenvalue weighted by Crippen LogP contribution is -2.34. The molecule has 0 heterocycles. The van der Waals surface area contributed by atoms with E-state index in [0.717, 1.165) is 30.9 Å². The monoisotopic (exact) mass is 369 g/mol. The topological polar surface area (TPSA) is 125 Å². The maximum Gasteiger partial charge on any atom is 0.341 e. The van der Waals surface area contributed by atoms with Gasteiger partial charge in [0, 0.05) is 17.8 Å². The maximum atomic E-state index is 12.2. The van der Waals surface area contributed by atoms with Crippen molar-refractivity contribution in [3.63, 3.8) is 0 Å². The van der Waals surface area contributed by atoms with Gasteiger partial charge < -0.3 is 15.8 Å². The summed E-state index contributed by atoms with van der Waals surface area (Å²) in [7, 11) is 0. The van der Waals surface area contributed by atoms with E-state index in [0.29, 0.717) is 0 Å². The van der Waals surface area contributed by atoms with Gasteiger partial charge in [-0.05, 0) is 36.5 Å². The van der Waals surface area contributed by atoms with Gasteiger partial charge in [-0.15, -0.1) is 0 Å². The highest BCUT2D eigenvalue weighted by Gasteiger charge is 2.22. The average Bonchev–Trinajstić information content (AvgIpc) is 2.66. The summed E-state index contributed by atoms with van der Waals surface area (Å²) in [5, 5.41) is 13.7. The van der Waals surface area contributed by atoms with Crippen LogP contribution in [-0.4, -0.2) is 23.4 Å². The third-order valence-electron chi connectivity index (χ3n) is 4.51. The lowest BCUT2D eigenvalue weighted by Gasteiger charge is -2.26. The number of non-ortho nitro benzene ring substituents is 1. The van der Waals surface area contributed by atoms with Crippen LogP contribution in [-0.2, 0) is 16.0 Å². The molecule has 140 valence electrons. The van der Waals surface area contributed by atoms with E-state index in [4.69, 9.17) is 10.5 Å². The number of rotatable bonds is 5. The van der Waals surface area contributed by atoms with Gasteiger partial charge in [0.2, 0.25) is 0 Å². The van der Waals surface area contributed by atoms with E-state index in [1.54, 1.807) is 0 Å². The minimum atomic E-state index is -0.879. The Morgan fingerprint density at radius 3 is 2.81 bits per heavy atom. The molecule has 0 bridgehead atoms. The largest absolute Gasteiger partial charge is 0.452 e. The predicted molar refractivity (Wildman–Crippen MR) is 98.1 cm³/mol. The van der Waals surface area contributed by atoms with Crippen LogP contribution >= 0.6 is 0 Å². The van der Waals surface area contributed by atoms with Crippen LogP contribution in [0.5, 0.6) is 0 Å². The van der Waals surface area contributed by atoms with E-state index in [9.17, 15) is 19.7 Å². The summed E-state index contributed by atoms with van der Waals surface area (Å²) in [6.45, 7) is -0.486. The normalized spacial score (nSPS) is 15.5. The zero-order valence-electron chi connectivity index (χ0n) is 14.5. The molecule has 1 amide bonds. The fourth-order valence-corrected chi connectivity index (χ4v) is 3.18. The molecule has 3 N–H and O–H groups in total. The summed E-state index contributed by atoms with van der Waals surface area (Å²) < 4.78 is 4.98. The van der Waals surface area contributed by atoms with E-state index in [1.807, 2.05) is 24.3 Å². The van der Waals surface area contributed by atoms with Gasteiger partial charge in [0.1, 0.15) is 0 Å². The Balaban J connectivity index is 1.61. The quantitative estimate of drug-likeness (QED) is 0.361. The molecule has 0 unspecified atom stereocenters. The fraction of sp³-hybridized carbons (Fsp3) is 0.263. The second-order valence-corrected chi connectivity index (χ2v) is 6.32. The van der Waals surface area contributed by atoms with Crippen LogP contribution in [0.2, 0.25) is 0 Å². The molecule has 1 aliphatic rings. The fourth-order valence-electron chi connectivity index (χ4n) is 3.18. The molecule has 0 aliphatic heterocycles. The summed E-state index contributed by atoms with van der Waals surface area (Å²) in [6.07, 6.45) is 2.75. The Morgan fingerprint density at radius 2 is 2.04 bits per heavy atom. The standard InChI is InChI=1S/C19H19N3O5/c20-16-9-8-13(22(25)26)10-15(16)19(24)27-11-18(23)21-17-7-3-5-12-4-1-2-6-14(12)17/h1-2,4,6,8-10,17H,3,5,7,11,20H2,(H,21,23)/t17-/m0/s1. The molecule has 8 nitrogen and oxygen atoms in total. The van der Waals surface area contributed by atoms with Crippen LogP contribution in [0.1, 0.15) is 40.4 Å². The Kier molecular flexibility index (Phi) is 5.35. The lowest BCUT2D eigenvalue weighted by atomic mass is 9.88. The molecule has 2 aromatic rings. The number of nitro groups is 1. The van der Waals surface area contributed by atoms with E-state index >= 15 is 0 Å². The molecular formula is C19H19N3O5. The van der Waals surface area contributed by atoms with Crippen LogP contribution < -0.4 is 11.1 Å². The van der Waals surface area contributed by atoms with Crippen molar-refractivity contribution in [1.29, 1.82) is 0 Å². The number of nitrogen functional groups attached to an aromatic ring is 1. The minimum Gasteiger partial charge on any atom is -0.452 e. The number of nitrogens with two attached hydrogens (primary N) is 1. The summed E-state index contributed by atoms with van der Waals surface area (Å²) in [5.41, 5.74) is 7.59. The highest BCUT2D eigenvalue weighted by molar-refractivity contribution is 5.97. The van der Waals surface area contributed by atoms with Crippen molar-refractivity contribution in [1.82, 2.24) is 5.32 Å². The van der Waals surface area contributed by atoms with Crippen molar-refractivity contribution in [2.75, 3.05) is 12.3 Å². The van der Waals surface area contributed by atoms with Crippen LogP contribution in [0.3, 0.4) is 0 Å².